The fourth-order valence-electron chi connectivity index (χ4n) is 0.287. The van der Waals surface area contributed by atoms with Crippen LogP contribution in [0.5, 0.6) is 0 Å². The molecule has 6 nitrogen and oxygen atoms in total. The third-order valence-corrected chi connectivity index (χ3v) is 2.68. The summed E-state index contributed by atoms with van der Waals surface area (Å²) in [4.78, 5) is 0. The predicted octanol–water partition coefficient (Wildman–Crippen LogP) is -0.884. The summed E-state index contributed by atoms with van der Waals surface area (Å²) in [6.45, 7) is 0. The van der Waals surface area contributed by atoms with E-state index in [1.54, 1.807) is 0 Å². The first kappa shape index (κ1) is 11.0. The highest BCUT2D eigenvalue weighted by Crippen LogP contribution is 1.89. The van der Waals surface area contributed by atoms with Gasteiger partial charge >= 0.3 is 0 Å². The van der Waals surface area contributed by atoms with Crippen LogP contribution in [0.25, 0.3) is 0 Å². The van der Waals surface area contributed by atoms with Crippen LogP contribution in [-0.2, 0) is 30.3 Å². The Labute approximate surface area is 66.6 Å². The zero-order chi connectivity index (χ0) is 8.91. The van der Waals surface area contributed by atoms with Crippen LogP contribution in [0.3, 0.4) is 0 Å². The van der Waals surface area contributed by atoms with Gasteiger partial charge in [0.25, 0.3) is 0 Å². The van der Waals surface area contributed by atoms with Gasteiger partial charge in [0.15, 0.2) is 11.1 Å². The Morgan fingerprint density at radius 2 is 2.09 bits per heavy atom. The minimum absolute atomic E-state index is 0.223. The molecule has 0 aromatic carbocycles. The molecule has 68 valence electrons. The maximum Gasteiger partial charge on any atom is 0.191 e. The smallest absolute Gasteiger partial charge is 0.191 e. The summed E-state index contributed by atoms with van der Waals surface area (Å²) >= 11 is -1.92. The molecule has 0 aromatic heterocycles. The van der Waals surface area contributed by atoms with Crippen LogP contribution < -0.4 is 0 Å². The van der Waals surface area contributed by atoms with Gasteiger partial charge in [-0.1, -0.05) is 5.04 Å². The molecule has 1 N–H and O–H groups in total. The molecule has 0 saturated heterocycles. The van der Waals surface area contributed by atoms with Gasteiger partial charge in [-0.3, -0.25) is 0 Å². The molecular formula is C3H8O6S2. The maximum atomic E-state index is 10.4. The van der Waals surface area contributed by atoms with Crippen molar-refractivity contribution in [1.29, 1.82) is 0 Å². The Morgan fingerprint density at radius 3 is 2.45 bits per heavy atom. The lowest BCUT2D eigenvalue weighted by atomic mass is 11.0. The molecule has 0 heterocycles. The van der Waals surface area contributed by atoms with Crippen molar-refractivity contribution < 1.29 is 27.3 Å². The average Bonchev–Trinajstić information content (AvgIpc) is 1.83. The molecule has 0 aliphatic heterocycles. The second kappa shape index (κ2) is 4.78. The van der Waals surface area contributed by atoms with Gasteiger partial charge in [0.05, 0.1) is 11.5 Å². The summed E-state index contributed by atoms with van der Waals surface area (Å²) in [5.74, 6) is -0.498. The highest BCUT2D eigenvalue weighted by Gasteiger charge is 2.07. The largest absolute Gasteiger partial charge is 0.229 e. The van der Waals surface area contributed by atoms with Gasteiger partial charge in [0.2, 0.25) is 0 Å². The van der Waals surface area contributed by atoms with Crippen LogP contribution >= 0.6 is 0 Å². The van der Waals surface area contributed by atoms with Gasteiger partial charge in [0.1, 0.15) is 9.84 Å². The van der Waals surface area contributed by atoms with Crippen molar-refractivity contribution in [1.82, 2.24) is 0 Å². The van der Waals surface area contributed by atoms with E-state index >= 15 is 0 Å². The second-order valence-electron chi connectivity index (χ2n) is 1.78. The topological polar surface area (TPSA) is 89.9 Å². The Hall–Kier alpha value is -0.0200. The zero-order valence-electron chi connectivity index (χ0n) is 5.72. The summed E-state index contributed by atoms with van der Waals surface area (Å²) in [6, 6.07) is 0. The van der Waals surface area contributed by atoms with E-state index in [1.807, 2.05) is 0 Å². The molecule has 0 aliphatic carbocycles. The number of hydrogen-bond donors (Lipinski definition) is 1. The Bertz CT molecular complexity index is 218. The van der Waals surface area contributed by atoms with Crippen molar-refractivity contribution in [2.75, 3.05) is 17.8 Å². The van der Waals surface area contributed by atoms with Crippen molar-refractivity contribution in [2.45, 2.75) is 0 Å². The van der Waals surface area contributed by atoms with Gasteiger partial charge in [-0.05, 0) is 0 Å². The lowest BCUT2D eigenvalue weighted by Gasteiger charge is -1.95. The number of hydrogen-bond acceptors (Lipinski definition) is 6. The Morgan fingerprint density at radius 1 is 1.55 bits per heavy atom. The van der Waals surface area contributed by atoms with Crippen LogP contribution in [0.1, 0.15) is 0 Å². The second-order valence-corrected chi connectivity index (χ2v) is 5.19. The van der Waals surface area contributed by atoms with Crippen LogP contribution in [-0.4, -0.2) is 35.6 Å². The van der Waals surface area contributed by atoms with E-state index in [-0.39, 0.29) is 11.5 Å². The SMILES string of the molecule is CS(=O)(=O)CCS(=O)OOO. The van der Waals surface area contributed by atoms with E-state index < -0.39 is 20.9 Å². The van der Waals surface area contributed by atoms with Gasteiger partial charge < -0.3 is 0 Å². The molecule has 0 aromatic rings. The van der Waals surface area contributed by atoms with E-state index in [2.05, 4.69) is 9.37 Å². The highest BCUT2D eigenvalue weighted by molar-refractivity contribution is 7.91. The van der Waals surface area contributed by atoms with E-state index in [4.69, 9.17) is 5.26 Å². The normalized spacial score (nSPS) is 14.7. The molecule has 11 heavy (non-hydrogen) atoms. The lowest BCUT2D eigenvalue weighted by Crippen LogP contribution is -2.12. The quantitative estimate of drug-likeness (QED) is 0.462. The molecule has 0 spiro atoms. The minimum atomic E-state index is -3.15. The fraction of sp³-hybridized carbons (Fsp3) is 1.00. The van der Waals surface area contributed by atoms with Crippen molar-refractivity contribution >= 4 is 20.9 Å². The fourth-order valence-corrected chi connectivity index (χ4v) is 2.18. The van der Waals surface area contributed by atoms with Crippen molar-refractivity contribution in [3.05, 3.63) is 0 Å². The third kappa shape index (κ3) is 7.88. The van der Waals surface area contributed by atoms with E-state index in [1.165, 1.54) is 0 Å². The first-order valence-electron chi connectivity index (χ1n) is 2.50. The van der Waals surface area contributed by atoms with Crippen molar-refractivity contribution in [3.8, 4) is 0 Å². The van der Waals surface area contributed by atoms with Crippen LogP contribution in [0.2, 0.25) is 0 Å². The van der Waals surface area contributed by atoms with E-state index in [0.29, 0.717) is 0 Å². The first-order chi connectivity index (χ1) is 4.95. The number of sulfone groups is 1. The molecule has 1 unspecified atom stereocenters. The third-order valence-electron chi connectivity index (χ3n) is 0.727. The molecule has 0 aliphatic rings. The van der Waals surface area contributed by atoms with E-state index in [0.717, 1.165) is 6.26 Å². The van der Waals surface area contributed by atoms with Crippen molar-refractivity contribution in [3.63, 3.8) is 0 Å². The van der Waals surface area contributed by atoms with Gasteiger partial charge in [-0.25, -0.2) is 17.9 Å². The molecular weight excluding hydrogens is 196 g/mol. The minimum Gasteiger partial charge on any atom is -0.229 e. The molecule has 0 amide bonds. The summed E-state index contributed by atoms with van der Waals surface area (Å²) in [5, 5.41) is 10.7. The van der Waals surface area contributed by atoms with Gasteiger partial charge in [-0.15, -0.1) is 4.33 Å². The summed E-state index contributed by atoms with van der Waals surface area (Å²) in [7, 11) is -3.15. The molecule has 0 rings (SSSR count). The molecule has 0 bridgehead atoms. The Kier molecular flexibility index (Phi) is 4.77. The predicted molar refractivity (Wildman–Crippen MR) is 37.5 cm³/mol. The summed E-state index contributed by atoms with van der Waals surface area (Å²) < 4.78 is 35.0. The summed E-state index contributed by atoms with van der Waals surface area (Å²) in [5.41, 5.74) is 0. The first-order valence-corrected chi connectivity index (χ1v) is 5.81. The molecule has 0 fully saturated rings. The molecule has 0 radical (unpaired) electrons. The number of rotatable bonds is 5. The summed E-state index contributed by atoms with van der Waals surface area (Å²) in [6.07, 6.45) is 1.00. The van der Waals surface area contributed by atoms with Crippen LogP contribution in [0, 0.1) is 0 Å². The zero-order valence-corrected chi connectivity index (χ0v) is 7.35. The van der Waals surface area contributed by atoms with Crippen LogP contribution in [0.15, 0.2) is 0 Å². The molecule has 8 heteroatoms. The van der Waals surface area contributed by atoms with Gasteiger partial charge in [-0.2, -0.15) is 0 Å². The Balaban J connectivity index is 3.64. The highest BCUT2D eigenvalue weighted by atomic mass is 32.2. The van der Waals surface area contributed by atoms with E-state index in [9.17, 15) is 12.6 Å². The maximum absolute atomic E-state index is 10.4. The monoisotopic (exact) mass is 204 g/mol. The molecule has 1 atom stereocenters. The van der Waals surface area contributed by atoms with Crippen molar-refractivity contribution in [2.24, 2.45) is 0 Å². The van der Waals surface area contributed by atoms with Gasteiger partial charge in [0, 0.05) is 6.26 Å². The average molecular weight is 204 g/mol. The lowest BCUT2D eigenvalue weighted by molar-refractivity contribution is -0.434. The molecule has 0 saturated carbocycles. The standard InChI is InChI=1S/C3H8O6S2/c1-11(6,7)3-2-10(5)9-8-4/h4H,2-3H2,1H3. The van der Waals surface area contributed by atoms with Crippen LogP contribution in [0.4, 0.5) is 0 Å².